The van der Waals surface area contributed by atoms with Crippen molar-refractivity contribution in [3.8, 4) is 22.6 Å². The van der Waals surface area contributed by atoms with Crippen molar-refractivity contribution in [1.29, 1.82) is 0 Å². The van der Waals surface area contributed by atoms with Crippen molar-refractivity contribution in [3.63, 3.8) is 0 Å². The summed E-state index contributed by atoms with van der Waals surface area (Å²) in [6.45, 7) is 3.22. The van der Waals surface area contributed by atoms with Crippen molar-refractivity contribution in [2.24, 2.45) is 11.7 Å². The third kappa shape index (κ3) is 6.40. The zero-order valence-corrected chi connectivity index (χ0v) is 23.0. The molecule has 0 aliphatic carbocycles. The van der Waals surface area contributed by atoms with Crippen LogP contribution in [0.1, 0.15) is 26.7 Å². The number of hydrogen-bond acceptors (Lipinski definition) is 5. The Balaban J connectivity index is 1.85. The van der Waals surface area contributed by atoms with Gasteiger partial charge in [-0.15, -0.1) is 0 Å². The van der Waals surface area contributed by atoms with Crippen LogP contribution in [0.15, 0.2) is 65.5 Å². The number of pyridine rings is 1. The fourth-order valence-corrected chi connectivity index (χ4v) is 5.19. The molecule has 0 saturated heterocycles. The highest BCUT2D eigenvalue weighted by Crippen LogP contribution is 2.38. The molecule has 0 fully saturated rings. The van der Waals surface area contributed by atoms with Gasteiger partial charge in [-0.2, -0.15) is 0 Å². The molecule has 0 amide bonds. The van der Waals surface area contributed by atoms with E-state index in [0.29, 0.717) is 16.5 Å². The van der Waals surface area contributed by atoms with Crippen molar-refractivity contribution in [2.75, 3.05) is 6.61 Å². The van der Waals surface area contributed by atoms with Crippen molar-refractivity contribution in [1.82, 2.24) is 4.57 Å². The van der Waals surface area contributed by atoms with Crippen LogP contribution in [0.5, 0.6) is 5.75 Å². The number of aliphatic hydroxyl groups is 1. The lowest BCUT2D eigenvalue weighted by Crippen LogP contribution is -2.51. The van der Waals surface area contributed by atoms with E-state index >= 15 is 0 Å². The van der Waals surface area contributed by atoms with Crippen LogP contribution in [-0.4, -0.2) is 39.0 Å². The molecule has 0 aliphatic heterocycles. The molecule has 11 heteroatoms. The summed E-state index contributed by atoms with van der Waals surface area (Å²) < 4.78 is 50.2. The first-order valence-corrected chi connectivity index (χ1v) is 13.1. The maximum absolute atomic E-state index is 14.9. The van der Waals surface area contributed by atoms with Crippen molar-refractivity contribution >= 4 is 28.5 Å². The number of ether oxygens (including phenoxy) is 1. The molecule has 0 spiro atoms. The number of para-hydroxylation sites is 1. The lowest BCUT2D eigenvalue weighted by molar-refractivity contribution is -0.145. The predicted molar refractivity (Wildman–Crippen MR) is 150 cm³/mol. The lowest BCUT2D eigenvalue weighted by Gasteiger charge is -2.29. The first kappa shape index (κ1) is 30.1. The highest BCUT2D eigenvalue weighted by atomic mass is 35.5. The Labute approximate surface area is 238 Å². The summed E-state index contributed by atoms with van der Waals surface area (Å²) in [6.07, 6.45) is -1.50. The molecule has 3 aromatic carbocycles. The van der Waals surface area contributed by atoms with Gasteiger partial charge >= 0.3 is 5.97 Å². The third-order valence-corrected chi connectivity index (χ3v) is 6.92. The number of aliphatic hydroxyl groups excluding tert-OH is 1. The van der Waals surface area contributed by atoms with Gasteiger partial charge < -0.3 is 20.7 Å². The second-order valence-corrected chi connectivity index (χ2v) is 10.7. The maximum atomic E-state index is 14.9. The van der Waals surface area contributed by atoms with E-state index in [2.05, 4.69) is 0 Å². The number of nitrogens with two attached hydrogens (primary N) is 1. The van der Waals surface area contributed by atoms with Crippen LogP contribution >= 0.6 is 11.6 Å². The first-order chi connectivity index (χ1) is 19.3. The predicted octanol–water partition coefficient (Wildman–Crippen LogP) is 5.69. The second-order valence-electron chi connectivity index (χ2n) is 10.3. The molecule has 7 nitrogen and oxygen atoms in total. The fourth-order valence-electron chi connectivity index (χ4n) is 4.93. The number of carboxylic acids is 1. The molecule has 4 rings (SSSR count). The summed E-state index contributed by atoms with van der Waals surface area (Å²) in [5, 5.41) is 20.7. The zero-order valence-electron chi connectivity index (χ0n) is 22.2. The van der Waals surface area contributed by atoms with Crippen LogP contribution in [0.25, 0.3) is 27.7 Å². The van der Waals surface area contributed by atoms with Gasteiger partial charge in [-0.3, -0.25) is 14.2 Å². The quantitative estimate of drug-likeness (QED) is 0.219. The summed E-state index contributed by atoms with van der Waals surface area (Å²) in [4.78, 5) is 24.8. The average Bonchev–Trinajstić information content (AvgIpc) is 2.87. The lowest BCUT2D eigenvalue weighted by atomic mass is 9.85. The Morgan fingerprint density at radius 3 is 2.32 bits per heavy atom. The number of benzene rings is 3. The topological polar surface area (TPSA) is 115 Å². The van der Waals surface area contributed by atoms with Crippen molar-refractivity contribution in [3.05, 3.63) is 93.5 Å². The van der Waals surface area contributed by atoms with Crippen molar-refractivity contribution in [2.45, 2.75) is 38.3 Å². The van der Waals surface area contributed by atoms with Crippen LogP contribution in [0, 0.1) is 23.4 Å². The molecular weight excluding hydrogens is 561 g/mol. The molecule has 0 unspecified atom stereocenters. The number of nitrogens with zero attached hydrogens (tertiary/aromatic N) is 1. The van der Waals surface area contributed by atoms with Crippen LogP contribution in [0.2, 0.25) is 5.02 Å². The van der Waals surface area contributed by atoms with Crippen LogP contribution in [0.3, 0.4) is 0 Å². The highest BCUT2D eigenvalue weighted by Gasteiger charge is 2.37. The van der Waals surface area contributed by atoms with Gasteiger partial charge in [0.1, 0.15) is 41.0 Å². The molecule has 0 saturated carbocycles. The van der Waals surface area contributed by atoms with Gasteiger partial charge in [-0.1, -0.05) is 31.5 Å². The van der Waals surface area contributed by atoms with E-state index in [4.69, 9.17) is 22.1 Å². The molecule has 0 aliphatic rings. The zero-order chi connectivity index (χ0) is 30.1. The fraction of sp³-hybridized carbons (Fsp3) is 0.267. The molecule has 216 valence electrons. The van der Waals surface area contributed by atoms with E-state index in [9.17, 15) is 33.0 Å². The van der Waals surface area contributed by atoms with Gasteiger partial charge in [0.25, 0.3) is 5.56 Å². The summed E-state index contributed by atoms with van der Waals surface area (Å²) >= 11 is 6.35. The number of aliphatic carboxylic acids is 1. The van der Waals surface area contributed by atoms with E-state index in [1.807, 2.05) is 13.8 Å². The summed E-state index contributed by atoms with van der Waals surface area (Å²) in [5.74, 6) is -3.82. The Kier molecular flexibility index (Phi) is 8.77. The minimum Gasteiger partial charge on any atom is -0.491 e. The average molecular weight is 589 g/mol. The Morgan fingerprint density at radius 2 is 1.71 bits per heavy atom. The SMILES string of the molecule is CC(C)C[C@@](N)(C[C@H](O)COc1cc(-c2ccc(F)cc2Cl)c2ccc(=O)n(-c3c(F)cccc3F)c2c1)C(=O)O. The van der Waals surface area contributed by atoms with Crippen LogP contribution in [-0.2, 0) is 4.79 Å². The standard InChI is InChI=1S/C30H28ClF3N2O5/c1-16(2)13-30(35,29(39)40)14-18(37)15-41-19-11-22(20-7-6-17(32)10-23(20)31)21-8-9-27(38)36(26(21)12-19)28-24(33)4-3-5-25(28)34/h3-12,16,18,37H,13-15,35H2,1-2H3,(H,39,40)/t18-,30+/m0/s1. The van der Waals surface area contributed by atoms with Gasteiger partial charge in [0.2, 0.25) is 0 Å². The van der Waals surface area contributed by atoms with E-state index in [1.165, 1.54) is 30.3 Å². The van der Waals surface area contributed by atoms with Crippen molar-refractivity contribution < 1.29 is 32.9 Å². The summed E-state index contributed by atoms with van der Waals surface area (Å²) in [7, 11) is 0. The number of carbonyl (C=O) groups is 1. The maximum Gasteiger partial charge on any atom is 0.323 e. The molecule has 1 aromatic heterocycles. The molecule has 41 heavy (non-hydrogen) atoms. The Morgan fingerprint density at radius 1 is 1.02 bits per heavy atom. The molecule has 0 radical (unpaired) electrons. The molecular formula is C30H28ClF3N2O5. The van der Waals surface area contributed by atoms with E-state index in [1.54, 1.807) is 0 Å². The highest BCUT2D eigenvalue weighted by molar-refractivity contribution is 6.33. The molecule has 4 aromatic rings. The molecule has 1 heterocycles. The van der Waals surface area contributed by atoms with E-state index < -0.39 is 52.9 Å². The van der Waals surface area contributed by atoms with Crippen LogP contribution < -0.4 is 16.0 Å². The second kappa shape index (κ2) is 11.9. The van der Waals surface area contributed by atoms with Gasteiger partial charge in [-0.25, -0.2) is 13.2 Å². The number of carboxylic acid groups (broad SMARTS) is 1. The van der Waals surface area contributed by atoms with Crippen LogP contribution in [0.4, 0.5) is 13.2 Å². The normalized spacial score (nSPS) is 13.8. The van der Waals surface area contributed by atoms with E-state index in [0.717, 1.165) is 34.9 Å². The minimum absolute atomic E-state index is 0.0290. The minimum atomic E-state index is -1.70. The Bertz CT molecular complexity index is 1660. The smallest absolute Gasteiger partial charge is 0.323 e. The largest absolute Gasteiger partial charge is 0.491 e. The van der Waals surface area contributed by atoms with Gasteiger partial charge in [0.05, 0.1) is 16.6 Å². The molecule has 0 bridgehead atoms. The van der Waals surface area contributed by atoms with Gasteiger partial charge in [0, 0.05) is 29.5 Å². The van der Waals surface area contributed by atoms with Gasteiger partial charge in [-0.05, 0) is 60.4 Å². The third-order valence-electron chi connectivity index (χ3n) is 6.61. The molecule has 4 N–H and O–H groups in total. The first-order valence-electron chi connectivity index (χ1n) is 12.7. The number of halogens is 4. The van der Waals surface area contributed by atoms with Gasteiger partial charge in [0.15, 0.2) is 0 Å². The number of hydrogen-bond donors (Lipinski definition) is 3. The number of fused-ring (bicyclic) bond motifs is 1. The molecule has 2 atom stereocenters. The monoisotopic (exact) mass is 588 g/mol. The number of aromatic nitrogens is 1. The Hall–Kier alpha value is -3.86. The summed E-state index contributed by atoms with van der Waals surface area (Å²) in [5.41, 5.74) is 3.76. The number of rotatable bonds is 10. The van der Waals surface area contributed by atoms with E-state index in [-0.39, 0.29) is 35.0 Å². The summed E-state index contributed by atoms with van der Waals surface area (Å²) in [6, 6.07) is 12.3.